The molecule has 1 aliphatic rings. The molecule has 0 amide bonds. The molecule has 1 fully saturated rings. The van der Waals surface area contributed by atoms with Gasteiger partial charge in [-0.25, -0.2) is 0 Å². The lowest BCUT2D eigenvalue weighted by molar-refractivity contribution is 0.252. The Bertz CT molecular complexity index is 464. The summed E-state index contributed by atoms with van der Waals surface area (Å²) < 4.78 is 5.88. The van der Waals surface area contributed by atoms with Crippen LogP contribution in [0.4, 0.5) is 0 Å². The van der Waals surface area contributed by atoms with E-state index in [1.165, 1.54) is 31.2 Å². The summed E-state index contributed by atoms with van der Waals surface area (Å²) in [7, 11) is 0. The largest absolute Gasteiger partial charge is 0.493 e. The molecule has 1 aromatic carbocycles. The van der Waals surface area contributed by atoms with Crippen LogP contribution in [-0.4, -0.2) is 12.5 Å². The fourth-order valence-corrected chi connectivity index (χ4v) is 2.56. The summed E-state index contributed by atoms with van der Waals surface area (Å²) in [6.07, 6.45) is 6.10. The van der Waals surface area contributed by atoms with E-state index in [-0.39, 0.29) is 0 Å². The van der Waals surface area contributed by atoms with Crippen LogP contribution in [0.2, 0.25) is 0 Å². The molecule has 0 radical (unpaired) electrons. The zero-order valence-corrected chi connectivity index (χ0v) is 12.3. The van der Waals surface area contributed by atoms with E-state index in [1.807, 2.05) is 12.1 Å². The molecular formula is C17H21ClO. The average Bonchev–Trinajstić information content (AvgIpc) is 2.92. The fourth-order valence-electron chi connectivity index (χ4n) is 2.46. The molecule has 0 aromatic heterocycles. The molecule has 0 saturated heterocycles. The van der Waals surface area contributed by atoms with Crippen LogP contribution < -0.4 is 4.74 Å². The minimum Gasteiger partial charge on any atom is -0.493 e. The van der Waals surface area contributed by atoms with Crippen molar-refractivity contribution in [3.05, 3.63) is 29.3 Å². The maximum atomic E-state index is 5.88. The first-order chi connectivity index (χ1) is 9.29. The fraction of sp³-hybridized carbons (Fsp3) is 0.529. The molecule has 0 heterocycles. The molecule has 0 unspecified atom stereocenters. The highest BCUT2D eigenvalue weighted by Gasteiger charge is 2.15. The SMILES string of the molecule is Cc1cc(OCC2CCCC2)ccc1C#CCCCl. The van der Waals surface area contributed by atoms with Crippen molar-refractivity contribution < 1.29 is 4.74 Å². The number of aryl methyl sites for hydroxylation is 1. The highest BCUT2D eigenvalue weighted by atomic mass is 35.5. The highest BCUT2D eigenvalue weighted by molar-refractivity contribution is 6.18. The lowest BCUT2D eigenvalue weighted by Gasteiger charge is -2.12. The van der Waals surface area contributed by atoms with Gasteiger partial charge in [-0.2, -0.15) is 0 Å². The topological polar surface area (TPSA) is 9.23 Å². The Morgan fingerprint density at radius 3 is 2.79 bits per heavy atom. The Labute approximate surface area is 121 Å². The van der Waals surface area contributed by atoms with Gasteiger partial charge >= 0.3 is 0 Å². The molecule has 102 valence electrons. The van der Waals surface area contributed by atoms with Crippen molar-refractivity contribution in [2.45, 2.75) is 39.0 Å². The van der Waals surface area contributed by atoms with E-state index in [4.69, 9.17) is 16.3 Å². The lowest BCUT2D eigenvalue weighted by atomic mass is 10.1. The van der Waals surface area contributed by atoms with Crippen molar-refractivity contribution in [3.63, 3.8) is 0 Å². The van der Waals surface area contributed by atoms with Crippen LogP contribution in [0.3, 0.4) is 0 Å². The number of alkyl halides is 1. The van der Waals surface area contributed by atoms with E-state index >= 15 is 0 Å². The zero-order valence-electron chi connectivity index (χ0n) is 11.5. The van der Waals surface area contributed by atoms with Gasteiger partial charge in [0.1, 0.15) is 5.75 Å². The molecule has 0 aliphatic heterocycles. The van der Waals surface area contributed by atoms with Crippen LogP contribution >= 0.6 is 11.6 Å². The average molecular weight is 277 g/mol. The maximum Gasteiger partial charge on any atom is 0.119 e. The standard InChI is InChI=1S/C17H21ClO/c1-14-12-17(19-13-15-6-2-3-7-15)10-9-16(14)8-4-5-11-18/h9-10,12,15H,2-3,5-7,11,13H2,1H3. The van der Waals surface area contributed by atoms with Crippen molar-refractivity contribution in [2.24, 2.45) is 5.92 Å². The quantitative estimate of drug-likeness (QED) is 0.579. The molecule has 1 aromatic rings. The van der Waals surface area contributed by atoms with Crippen LogP contribution in [0, 0.1) is 24.7 Å². The van der Waals surface area contributed by atoms with Crippen LogP contribution in [0.25, 0.3) is 0 Å². The number of ether oxygens (including phenoxy) is 1. The molecule has 0 bridgehead atoms. The van der Waals surface area contributed by atoms with E-state index in [9.17, 15) is 0 Å². The van der Waals surface area contributed by atoms with Gasteiger partial charge in [-0.15, -0.1) is 11.6 Å². The summed E-state index contributed by atoms with van der Waals surface area (Å²) >= 11 is 5.61. The van der Waals surface area contributed by atoms with E-state index in [2.05, 4.69) is 24.8 Å². The molecule has 0 atom stereocenters. The normalized spacial score (nSPS) is 15.1. The molecule has 0 spiro atoms. The van der Waals surface area contributed by atoms with Gasteiger partial charge in [0.05, 0.1) is 6.61 Å². The van der Waals surface area contributed by atoms with Gasteiger partial charge in [0.25, 0.3) is 0 Å². The predicted octanol–water partition coefficient (Wildman–Crippen LogP) is 4.54. The first kappa shape index (κ1) is 14.3. The molecule has 2 heteroatoms. The van der Waals surface area contributed by atoms with Crippen LogP contribution in [0.5, 0.6) is 5.75 Å². The van der Waals surface area contributed by atoms with Gasteiger partial charge in [-0.05, 0) is 49.4 Å². The summed E-state index contributed by atoms with van der Waals surface area (Å²) in [6, 6.07) is 6.15. The Morgan fingerprint density at radius 1 is 1.32 bits per heavy atom. The molecule has 1 nitrogen and oxygen atoms in total. The van der Waals surface area contributed by atoms with Gasteiger partial charge in [-0.1, -0.05) is 24.7 Å². The summed E-state index contributed by atoms with van der Waals surface area (Å²) in [6.45, 7) is 2.93. The second-order valence-electron chi connectivity index (χ2n) is 5.18. The van der Waals surface area contributed by atoms with Gasteiger partial charge in [0, 0.05) is 17.9 Å². The number of benzene rings is 1. The summed E-state index contributed by atoms with van der Waals surface area (Å²) in [5.74, 6) is 8.52. The Kier molecular flexibility index (Phi) is 5.61. The number of rotatable bonds is 4. The number of hydrogen-bond acceptors (Lipinski definition) is 1. The summed E-state index contributed by atoms with van der Waals surface area (Å²) in [5.41, 5.74) is 2.24. The number of hydrogen-bond donors (Lipinski definition) is 0. The van der Waals surface area contributed by atoms with Crippen LogP contribution in [-0.2, 0) is 0 Å². The second kappa shape index (κ2) is 7.46. The summed E-state index contributed by atoms with van der Waals surface area (Å²) in [5, 5.41) is 0. The third-order valence-electron chi connectivity index (χ3n) is 3.60. The molecule has 0 N–H and O–H groups in total. The van der Waals surface area contributed by atoms with Crippen LogP contribution in [0.15, 0.2) is 18.2 Å². The second-order valence-corrected chi connectivity index (χ2v) is 5.56. The Morgan fingerprint density at radius 2 is 2.11 bits per heavy atom. The molecular weight excluding hydrogens is 256 g/mol. The lowest BCUT2D eigenvalue weighted by Crippen LogP contribution is -2.08. The van der Waals surface area contributed by atoms with E-state index in [0.29, 0.717) is 5.88 Å². The number of halogens is 1. The minimum absolute atomic E-state index is 0.592. The Balaban J connectivity index is 1.92. The van der Waals surface area contributed by atoms with E-state index in [0.717, 1.165) is 30.3 Å². The first-order valence-electron chi connectivity index (χ1n) is 7.08. The third-order valence-corrected chi connectivity index (χ3v) is 3.79. The zero-order chi connectivity index (χ0) is 13.5. The maximum absolute atomic E-state index is 5.88. The van der Waals surface area contributed by atoms with Gasteiger partial charge in [0.15, 0.2) is 0 Å². The predicted molar refractivity (Wildman–Crippen MR) is 80.8 cm³/mol. The van der Waals surface area contributed by atoms with Gasteiger partial charge in [-0.3, -0.25) is 0 Å². The van der Waals surface area contributed by atoms with E-state index in [1.54, 1.807) is 0 Å². The molecule has 2 rings (SSSR count). The van der Waals surface area contributed by atoms with Gasteiger partial charge < -0.3 is 4.74 Å². The van der Waals surface area contributed by atoms with Crippen molar-refractivity contribution in [2.75, 3.05) is 12.5 Å². The first-order valence-corrected chi connectivity index (χ1v) is 7.61. The summed E-state index contributed by atoms with van der Waals surface area (Å²) in [4.78, 5) is 0. The van der Waals surface area contributed by atoms with Crippen molar-refractivity contribution in [3.8, 4) is 17.6 Å². The van der Waals surface area contributed by atoms with Crippen LogP contribution in [0.1, 0.15) is 43.2 Å². The molecule has 1 aliphatic carbocycles. The Hall–Kier alpha value is -1.13. The molecule has 19 heavy (non-hydrogen) atoms. The van der Waals surface area contributed by atoms with Crippen molar-refractivity contribution >= 4 is 11.6 Å². The smallest absolute Gasteiger partial charge is 0.119 e. The van der Waals surface area contributed by atoms with E-state index < -0.39 is 0 Å². The minimum atomic E-state index is 0.592. The highest BCUT2D eigenvalue weighted by Crippen LogP contribution is 2.26. The molecule has 1 saturated carbocycles. The van der Waals surface area contributed by atoms with Crippen molar-refractivity contribution in [1.82, 2.24) is 0 Å². The third kappa shape index (κ3) is 4.48. The van der Waals surface area contributed by atoms with Crippen molar-refractivity contribution in [1.29, 1.82) is 0 Å². The van der Waals surface area contributed by atoms with Gasteiger partial charge in [0.2, 0.25) is 0 Å². The monoisotopic (exact) mass is 276 g/mol.